The lowest BCUT2D eigenvalue weighted by atomic mass is 10.1. The zero-order valence-electron chi connectivity index (χ0n) is 13.7. The van der Waals surface area contributed by atoms with Gasteiger partial charge >= 0.3 is 0 Å². The van der Waals surface area contributed by atoms with Crippen molar-refractivity contribution in [3.05, 3.63) is 29.6 Å². The van der Waals surface area contributed by atoms with Crippen LogP contribution in [-0.2, 0) is 4.74 Å². The molecular weight excluding hydrogens is 296 g/mol. The van der Waals surface area contributed by atoms with E-state index in [4.69, 9.17) is 4.74 Å². The van der Waals surface area contributed by atoms with Crippen molar-refractivity contribution < 1.29 is 14.3 Å². The molecule has 2 rings (SSSR count). The van der Waals surface area contributed by atoms with Gasteiger partial charge in [0.15, 0.2) is 0 Å². The number of hydrogen-bond donors (Lipinski definition) is 1. The van der Waals surface area contributed by atoms with Gasteiger partial charge in [-0.2, -0.15) is 0 Å². The molecule has 0 aromatic carbocycles. The highest BCUT2D eigenvalue weighted by atomic mass is 16.5. The van der Waals surface area contributed by atoms with Crippen LogP contribution in [-0.4, -0.2) is 79.6 Å². The normalized spacial score (nSPS) is 15.5. The van der Waals surface area contributed by atoms with Gasteiger partial charge in [-0.05, 0) is 12.6 Å². The van der Waals surface area contributed by atoms with Crippen LogP contribution in [0.1, 0.15) is 27.6 Å². The van der Waals surface area contributed by atoms with Gasteiger partial charge in [-0.3, -0.25) is 14.6 Å². The van der Waals surface area contributed by atoms with Crippen LogP contribution in [0.4, 0.5) is 0 Å². The molecular formula is C16H24N4O3. The summed E-state index contributed by atoms with van der Waals surface area (Å²) in [6.07, 6.45) is 2.98. The minimum atomic E-state index is -0.250. The number of nitrogens with one attached hydrogen (secondary N) is 1. The molecule has 0 atom stereocenters. The topological polar surface area (TPSA) is 74.8 Å². The van der Waals surface area contributed by atoms with Crippen LogP contribution in [0.5, 0.6) is 0 Å². The lowest BCUT2D eigenvalue weighted by Gasteiger charge is -2.34. The maximum absolute atomic E-state index is 12.5. The standard InChI is InChI=1S/C16H24N4O3/c1-3-19-5-7-20(8-6-19)16(22)14-10-13(11-17-12-14)15(21)18-4-9-23-2/h10-12H,3-9H2,1-2H3,(H,18,21). The van der Waals surface area contributed by atoms with Gasteiger partial charge in [-0.25, -0.2) is 0 Å². The first kappa shape index (κ1) is 17.4. The number of methoxy groups -OCH3 is 1. The third-order valence-corrected chi connectivity index (χ3v) is 3.95. The Balaban J connectivity index is 1.98. The van der Waals surface area contributed by atoms with E-state index in [1.54, 1.807) is 13.2 Å². The Bertz CT molecular complexity index is 542. The largest absolute Gasteiger partial charge is 0.383 e. The average Bonchev–Trinajstić information content (AvgIpc) is 2.61. The fraction of sp³-hybridized carbons (Fsp3) is 0.562. The van der Waals surface area contributed by atoms with Crippen molar-refractivity contribution in [2.24, 2.45) is 0 Å². The van der Waals surface area contributed by atoms with E-state index in [2.05, 4.69) is 22.1 Å². The molecule has 0 aliphatic carbocycles. The van der Waals surface area contributed by atoms with E-state index in [1.807, 2.05) is 4.90 Å². The molecule has 0 saturated carbocycles. The number of amides is 2. The fourth-order valence-corrected chi connectivity index (χ4v) is 2.50. The third-order valence-electron chi connectivity index (χ3n) is 3.95. The highest BCUT2D eigenvalue weighted by Crippen LogP contribution is 2.10. The molecule has 2 amide bonds. The summed E-state index contributed by atoms with van der Waals surface area (Å²) in [6, 6.07) is 1.60. The number of rotatable bonds is 6. The number of aromatic nitrogens is 1. The second-order valence-corrected chi connectivity index (χ2v) is 5.44. The lowest BCUT2D eigenvalue weighted by molar-refractivity contribution is 0.0643. The van der Waals surface area contributed by atoms with E-state index in [0.717, 1.165) is 19.6 Å². The van der Waals surface area contributed by atoms with E-state index in [-0.39, 0.29) is 11.8 Å². The van der Waals surface area contributed by atoms with Gasteiger partial charge in [-0.15, -0.1) is 0 Å². The number of carbonyl (C=O) groups is 2. The molecule has 1 aromatic heterocycles. The Labute approximate surface area is 136 Å². The fourth-order valence-electron chi connectivity index (χ4n) is 2.50. The van der Waals surface area contributed by atoms with Crippen molar-refractivity contribution in [3.8, 4) is 0 Å². The number of carbonyl (C=O) groups excluding carboxylic acids is 2. The molecule has 0 bridgehead atoms. The Morgan fingerprint density at radius 3 is 2.57 bits per heavy atom. The van der Waals surface area contributed by atoms with E-state index >= 15 is 0 Å². The molecule has 7 heteroatoms. The molecule has 0 spiro atoms. The maximum Gasteiger partial charge on any atom is 0.255 e. The lowest BCUT2D eigenvalue weighted by Crippen LogP contribution is -2.48. The van der Waals surface area contributed by atoms with Crippen molar-refractivity contribution in [1.29, 1.82) is 0 Å². The first-order valence-electron chi connectivity index (χ1n) is 7.89. The minimum absolute atomic E-state index is 0.0696. The zero-order valence-corrected chi connectivity index (χ0v) is 13.7. The van der Waals surface area contributed by atoms with E-state index < -0.39 is 0 Å². The molecule has 126 valence electrons. The molecule has 1 aliphatic heterocycles. The molecule has 1 aromatic rings. The number of nitrogens with zero attached hydrogens (tertiary/aromatic N) is 3. The molecule has 1 aliphatic rings. The minimum Gasteiger partial charge on any atom is -0.383 e. The Hall–Kier alpha value is -1.99. The molecule has 1 N–H and O–H groups in total. The van der Waals surface area contributed by atoms with Crippen molar-refractivity contribution >= 4 is 11.8 Å². The monoisotopic (exact) mass is 320 g/mol. The summed E-state index contributed by atoms with van der Waals surface area (Å²) in [5, 5.41) is 2.72. The van der Waals surface area contributed by atoms with Crippen molar-refractivity contribution in [2.45, 2.75) is 6.92 Å². The third kappa shape index (κ3) is 4.74. The van der Waals surface area contributed by atoms with Crippen LogP contribution in [0.3, 0.4) is 0 Å². The van der Waals surface area contributed by atoms with Crippen LogP contribution in [0, 0.1) is 0 Å². The summed E-state index contributed by atoms with van der Waals surface area (Å²) in [6.45, 7) is 7.16. The number of pyridine rings is 1. The van der Waals surface area contributed by atoms with E-state index in [1.165, 1.54) is 12.4 Å². The smallest absolute Gasteiger partial charge is 0.255 e. The summed E-state index contributed by atoms with van der Waals surface area (Å²) in [7, 11) is 1.57. The zero-order chi connectivity index (χ0) is 16.7. The summed E-state index contributed by atoms with van der Waals surface area (Å²) in [4.78, 5) is 32.7. The number of hydrogen-bond acceptors (Lipinski definition) is 5. The summed E-state index contributed by atoms with van der Waals surface area (Å²) >= 11 is 0. The van der Waals surface area contributed by atoms with Gasteiger partial charge in [0.05, 0.1) is 17.7 Å². The predicted molar refractivity (Wildman–Crippen MR) is 86.5 cm³/mol. The average molecular weight is 320 g/mol. The number of likely N-dealkylation sites (N-methyl/N-ethyl adjacent to an activating group) is 1. The van der Waals surface area contributed by atoms with E-state index in [0.29, 0.717) is 37.4 Å². The first-order chi connectivity index (χ1) is 11.2. The van der Waals surface area contributed by atoms with Crippen LogP contribution < -0.4 is 5.32 Å². The highest BCUT2D eigenvalue weighted by molar-refractivity contribution is 5.99. The predicted octanol–water partition coefficient (Wildman–Crippen LogP) is 0.236. The molecule has 0 unspecified atom stereocenters. The summed E-state index contributed by atoms with van der Waals surface area (Å²) in [5.74, 6) is -0.320. The number of piperazine rings is 1. The Morgan fingerprint density at radius 2 is 1.91 bits per heavy atom. The number of ether oxygens (including phenoxy) is 1. The van der Waals surface area contributed by atoms with Crippen molar-refractivity contribution in [3.63, 3.8) is 0 Å². The summed E-state index contributed by atoms with van der Waals surface area (Å²) < 4.78 is 4.89. The van der Waals surface area contributed by atoms with Gasteiger partial charge in [-0.1, -0.05) is 6.92 Å². The molecule has 7 nitrogen and oxygen atoms in total. The first-order valence-corrected chi connectivity index (χ1v) is 7.89. The van der Waals surface area contributed by atoms with Crippen molar-refractivity contribution in [1.82, 2.24) is 20.1 Å². The van der Waals surface area contributed by atoms with Crippen LogP contribution >= 0.6 is 0 Å². The van der Waals surface area contributed by atoms with Crippen LogP contribution in [0.15, 0.2) is 18.5 Å². The van der Waals surface area contributed by atoms with E-state index in [9.17, 15) is 9.59 Å². The molecule has 23 heavy (non-hydrogen) atoms. The quantitative estimate of drug-likeness (QED) is 0.760. The Kier molecular flexibility index (Phi) is 6.49. The molecule has 2 heterocycles. The maximum atomic E-state index is 12.5. The second-order valence-electron chi connectivity index (χ2n) is 5.44. The SMILES string of the molecule is CCN1CCN(C(=O)c2cncc(C(=O)NCCOC)c2)CC1. The van der Waals surface area contributed by atoms with Gasteiger partial charge in [0.2, 0.25) is 0 Å². The van der Waals surface area contributed by atoms with Gasteiger partial charge in [0.1, 0.15) is 0 Å². The van der Waals surface area contributed by atoms with Gasteiger partial charge in [0, 0.05) is 52.2 Å². The highest BCUT2D eigenvalue weighted by Gasteiger charge is 2.22. The molecule has 0 radical (unpaired) electrons. The van der Waals surface area contributed by atoms with Crippen LogP contribution in [0.25, 0.3) is 0 Å². The second kappa shape index (κ2) is 8.59. The van der Waals surface area contributed by atoms with Crippen LogP contribution in [0.2, 0.25) is 0 Å². The Morgan fingerprint density at radius 1 is 1.22 bits per heavy atom. The molecule has 1 fully saturated rings. The van der Waals surface area contributed by atoms with Crippen molar-refractivity contribution in [2.75, 3.05) is 53.0 Å². The van der Waals surface area contributed by atoms with Gasteiger partial charge < -0.3 is 19.9 Å². The summed E-state index contributed by atoms with van der Waals surface area (Å²) in [5.41, 5.74) is 0.841. The molecule has 1 saturated heterocycles. The van der Waals surface area contributed by atoms with Gasteiger partial charge in [0.25, 0.3) is 11.8 Å².